The number of carbonyl (C=O) groups is 2. The van der Waals surface area contributed by atoms with Crippen LogP contribution in [0, 0.1) is 5.92 Å². The first-order valence-corrected chi connectivity index (χ1v) is 29.0. The Kier molecular flexibility index (Phi) is 15.2. The molecule has 3 atom stereocenters. The Morgan fingerprint density at radius 2 is 1.42 bits per heavy atom. The van der Waals surface area contributed by atoms with E-state index in [1.54, 1.807) is 7.11 Å². The molecular formula is C61H80N11O6+. The first-order chi connectivity index (χ1) is 38.1. The molecule has 0 spiro atoms. The van der Waals surface area contributed by atoms with Gasteiger partial charge in [0.15, 0.2) is 12.2 Å². The van der Waals surface area contributed by atoms with Gasteiger partial charge in [-0.05, 0) is 101 Å². The number of ether oxygens (including phenoxy) is 4. The van der Waals surface area contributed by atoms with E-state index in [-0.39, 0.29) is 35.7 Å². The van der Waals surface area contributed by atoms with Crippen molar-refractivity contribution in [1.82, 2.24) is 38.7 Å². The summed E-state index contributed by atoms with van der Waals surface area (Å²) < 4.78 is 29.6. The molecule has 3 unspecified atom stereocenters. The summed E-state index contributed by atoms with van der Waals surface area (Å²) in [5.41, 5.74) is 10.8. The summed E-state index contributed by atoms with van der Waals surface area (Å²) in [5.74, 6) is 0.725. The summed E-state index contributed by atoms with van der Waals surface area (Å²) >= 11 is 0. The number of hydrogen-bond acceptors (Lipinski definition) is 12. The molecule has 0 N–H and O–H groups in total. The molecule has 1 aliphatic carbocycles. The van der Waals surface area contributed by atoms with Gasteiger partial charge in [-0.2, -0.15) is 5.10 Å². The van der Waals surface area contributed by atoms with Crippen LogP contribution in [0.5, 0.6) is 0 Å². The van der Waals surface area contributed by atoms with Gasteiger partial charge in [-0.25, -0.2) is 9.31 Å². The zero-order valence-corrected chi connectivity index (χ0v) is 46.5. The highest BCUT2D eigenvalue weighted by molar-refractivity contribution is 5.83. The number of nitrogens with zero attached hydrogens (tertiary/aromatic N) is 11. The number of anilines is 2. The number of benzene rings is 1. The third-order valence-electron chi connectivity index (χ3n) is 18.4. The molecule has 2 amide bonds. The van der Waals surface area contributed by atoms with E-state index >= 15 is 0 Å². The lowest BCUT2D eigenvalue weighted by atomic mass is 9.84. The normalized spacial score (nSPS) is 22.4. The third-order valence-corrected chi connectivity index (χ3v) is 18.4. The maximum Gasteiger partial charge on any atom is 0.410 e. The van der Waals surface area contributed by atoms with Crippen LogP contribution in [0.25, 0.3) is 33.4 Å². The van der Waals surface area contributed by atoms with Crippen molar-refractivity contribution in [1.29, 1.82) is 0 Å². The van der Waals surface area contributed by atoms with E-state index in [9.17, 15) is 9.59 Å². The first kappa shape index (κ1) is 52.6. The molecule has 6 aliphatic rings. The van der Waals surface area contributed by atoms with E-state index < -0.39 is 0 Å². The molecule has 5 aromatic heterocycles. The molecule has 6 aromatic rings. The number of amides is 2. The molecule has 414 valence electrons. The quantitative estimate of drug-likeness (QED) is 0.100. The molecule has 5 saturated heterocycles. The van der Waals surface area contributed by atoms with Gasteiger partial charge in [-0.15, -0.1) is 9.20 Å². The van der Waals surface area contributed by atoms with Crippen LogP contribution < -0.4 is 14.5 Å². The summed E-state index contributed by atoms with van der Waals surface area (Å²) in [7, 11) is 3.59. The Balaban J connectivity index is 0.719. The zero-order chi connectivity index (χ0) is 53.5. The van der Waals surface area contributed by atoms with Crippen molar-refractivity contribution >= 4 is 34.4 Å². The summed E-state index contributed by atoms with van der Waals surface area (Å²) in [6.07, 6.45) is 16.6. The molecule has 0 radical (unpaired) electrons. The monoisotopic (exact) mass is 1060 g/mol. The largest absolute Gasteiger partial charge is 0.446 e. The molecule has 1 saturated carbocycles. The summed E-state index contributed by atoms with van der Waals surface area (Å²) in [4.78, 5) is 46.5. The van der Waals surface area contributed by atoms with Crippen LogP contribution in [0.4, 0.5) is 16.2 Å². The van der Waals surface area contributed by atoms with Crippen LogP contribution in [0.15, 0.2) is 91.6 Å². The van der Waals surface area contributed by atoms with Gasteiger partial charge in [0.25, 0.3) is 0 Å². The van der Waals surface area contributed by atoms with E-state index in [4.69, 9.17) is 29.0 Å². The Morgan fingerprint density at radius 1 is 0.731 bits per heavy atom. The van der Waals surface area contributed by atoms with Crippen molar-refractivity contribution in [3.8, 4) is 22.4 Å². The Bertz CT molecular complexity index is 3030. The van der Waals surface area contributed by atoms with Crippen molar-refractivity contribution < 1.29 is 33.2 Å². The minimum Gasteiger partial charge on any atom is -0.446 e. The lowest BCUT2D eigenvalue weighted by Gasteiger charge is -2.43. The van der Waals surface area contributed by atoms with Crippen molar-refractivity contribution in [2.75, 3.05) is 122 Å². The lowest BCUT2D eigenvalue weighted by Crippen LogP contribution is -2.51. The van der Waals surface area contributed by atoms with Crippen molar-refractivity contribution in [3.63, 3.8) is 0 Å². The number of rotatable bonds is 14. The van der Waals surface area contributed by atoms with E-state index in [2.05, 4.69) is 134 Å². The molecular weight excluding hydrogens is 983 g/mol. The maximum absolute atomic E-state index is 14.5. The maximum atomic E-state index is 14.5. The SMILES string of the molecule is COCC(C)N1CCC(OC)(c2ccc(-c3cc4c(N5CCN(C(=O)C6CC6[n+]6ccc(N7CCN(C(=O)OC8CCOCC8)CC7)c7cc(-c8ccc(C9CCN(C(C)C)CC9)cc8)cn76)CC5)ccnn4c3)nc2)CC1. The van der Waals surface area contributed by atoms with Crippen molar-refractivity contribution in [3.05, 3.63) is 103 Å². The highest BCUT2D eigenvalue weighted by Crippen LogP contribution is 2.43. The third kappa shape index (κ3) is 10.6. The van der Waals surface area contributed by atoms with Gasteiger partial charge in [-0.1, -0.05) is 30.3 Å². The van der Waals surface area contributed by atoms with E-state index in [0.717, 1.165) is 123 Å². The topological polar surface area (TPSA) is 129 Å². The van der Waals surface area contributed by atoms with Gasteiger partial charge in [0, 0.05) is 152 Å². The predicted octanol–water partition coefficient (Wildman–Crippen LogP) is 7.51. The van der Waals surface area contributed by atoms with Crippen LogP contribution in [0.2, 0.25) is 0 Å². The molecule has 12 rings (SSSR count). The number of piperazine rings is 2. The van der Waals surface area contributed by atoms with Gasteiger partial charge in [0.2, 0.25) is 5.91 Å². The number of piperidine rings is 2. The first-order valence-electron chi connectivity index (χ1n) is 29.0. The lowest BCUT2D eigenvalue weighted by molar-refractivity contribution is -0.768. The number of likely N-dealkylation sites (tertiary alicyclic amines) is 2. The van der Waals surface area contributed by atoms with Crippen molar-refractivity contribution in [2.45, 2.75) is 101 Å². The van der Waals surface area contributed by atoms with Crippen LogP contribution in [-0.4, -0.2) is 181 Å². The van der Waals surface area contributed by atoms with Crippen LogP contribution >= 0.6 is 0 Å². The second-order valence-electron chi connectivity index (χ2n) is 23.2. The fourth-order valence-electron chi connectivity index (χ4n) is 13.3. The number of carbonyl (C=O) groups excluding carboxylic acids is 2. The summed E-state index contributed by atoms with van der Waals surface area (Å²) in [6, 6.07) is 23.4. The van der Waals surface area contributed by atoms with Gasteiger partial charge >= 0.3 is 6.09 Å². The fourth-order valence-corrected chi connectivity index (χ4v) is 13.3. The van der Waals surface area contributed by atoms with E-state index in [1.165, 1.54) is 24.0 Å². The predicted molar refractivity (Wildman–Crippen MR) is 301 cm³/mol. The second kappa shape index (κ2) is 22.6. The van der Waals surface area contributed by atoms with Crippen molar-refractivity contribution in [2.24, 2.45) is 5.92 Å². The number of pyridine rings is 1. The van der Waals surface area contributed by atoms with Crippen LogP contribution in [-0.2, 0) is 29.3 Å². The number of fused-ring (bicyclic) bond motifs is 2. The van der Waals surface area contributed by atoms with Gasteiger partial charge < -0.3 is 43.4 Å². The Hall–Kier alpha value is -6.11. The zero-order valence-electron chi connectivity index (χ0n) is 46.5. The van der Waals surface area contributed by atoms with Crippen LogP contribution in [0.1, 0.15) is 88.8 Å². The smallest absolute Gasteiger partial charge is 0.410 e. The van der Waals surface area contributed by atoms with E-state index in [0.29, 0.717) is 70.5 Å². The standard InChI is InChI=1S/C61H80N11O6/c1-43(2)64-21-13-47(14-22-64)45-6-8-46(9-7-45)48-36-58-55(67-28-32-69(33-29-67)60(74)78-51-16-34-77-35-17-51)15-23-71(72(58)41-48)56-38-52(56)59(73)68-30-26-66(27-31-68)54-12-20-63-70-40-49(37-57(54)70)53-11-10-50(39-62-53)61(76-5)18-24-65(25-19-61)44(3)42-75-4/h6-12,15,20,23,36-37,39-41,43-44,47,51-52,56H,13-14,16-19,21-22,24-35,38,42H2,1-5H3/q+1. The summed E-state index contributed by atoms with van der Waals surface area (Å²) in [5, 5.41) is 4.70. The molecule has 10 heterocycles. The molecule has 6 fully saturated rings. The fraction of sp³-hybridized carbons (Fsp3) is 0.557. The van der Waals surface area contributed by atoms with Gasteiger partial charge in [-0.3, -0.25) is 14.7 Å². The number of methoxy groups -OCH3 is 2. The molecule has 17 nitrogen and oxygen atoms in total. The minimum atomic E-state index is -0.357. The van der Waals surface area contributed by atoms with Crippen LogP contribution in [0.3, 0.4) is 0 Å². The van der Waals surface area contributed by atoms with E-state index in [1.807, 2.05) is 28.9 Å². The second-order valence-corrected chi connectivity index (χ2v) is 23.2. The molecule has 17 heteroatoms. The number of hydrogen-bond donors (Lipinski definition) is 0. The highest BCUT2D eigenvalue weighted by Gasteiger charge is 2.54. The van der Waals surface area contributed by atoms with Gasteiger partial charge in [0.05, 0.1) is 54.2 Å². The Labute approximate surface area is 459 Å². The molecule has 0 bridgehead atoms. The molecule has 5 aliphatic heterocycles. The minimum absolute atomic E-state index is 0.0489. The number of aromatic nitrogens is 5. The van der Waals surface area contributed by atoms with Gasteiger partial charge in [0.1, 0.15) is 17.5 Å². The average Bonchev–Trinajstić information content (AvgIpc) is 4.01. The summed E-state index contributed by atoms with van der Waals surface area (Å²) in [6.45, 7) is 18.4. The molecule has 1 aromatic carbocycles. The molecule has 78 heavy (non-hydrogen) atoms. The highest BCUT2D eigenvalue weighted by atomic mass is 16.6. The average molecular weight is 1060 g/mol. The Morgan fingerprint density at radius 3 is 2.09 bits per heavy atom.